The van der Waals surface area contributed by atoms with Crippen LogP contribution in [0.25, 0.3) is 0 Å². The Morgan fingerprint density at radius 2 is 1.79 bits per heavy atom. The molecule has 1 N–H and O–H groups in total. The van der Waals surface area contributed by atoms with Gasteiger partial charge in [0.2, 0.25) is 0 Å². The van der Waals surface area contributed by atoms with E-state index in [1.807, 2.05) is 18.2 Å². The van der Waals surface area contributed by atoms with Gasteiger partial charge < -0.3 is 9.58 Å². The first-order chi connectivity index (χ1) is 9.15. The van der Waals surface area contributed by atoms with Crippen LogP contribution in [-0.2, 0) is 17.6 Å². The van der Waals surface area contributed by atoms with Crippen molar-refractivity contribution in [3.05, 3.63) is 53.1 Å². The molecule has 19 heavy (non-hydrogen) atoms. The van der Waals surface area contributed by atoms with Gasteiger partial charge in [-0.15, -0.1) is 0 Å². The summed E-state index contributed by atoms with van der Waals surface area (Å²) < 4.78 is 12.5. The van der Waals surface area contributed by atoms with E-state index >= 15 is 0 Å². The molecule has 0 aliphatic carbocycles. The van der Waals surface area contributed by atoms with Crippen LogP contribution in [0.1, 0.15) is 5.56 Å². The fraction of sp³-hybridized carbons (Fsp3) is 0.143. The number of hydrogen-bond acceptors (Lipinski definition) is 2. The summed E-state index contributed by atoms with van der Waals surface area (Å²) in [5.41, 5.74) is 2.07. The highest BCUT2D eigenvalue weighted by Crippen LogP contribution is 2.24. The second kappa shape index (κ2) is 5.21. The molecule has 0 radical (unpaired) electrons. The van der Waals surface area contributed by atoms with Crippen molar-refractivity contribution in [2.24, 2.45) is 0 Å². The minimum atomic E-state index is -1.23. The molecule has 96 valence electrons. The molecule has 0 saturated heterocycles. The Hall–Kier alpha value is -0.935. The van der Waals surface area contributed by atoms with Crippen molar-refractivity contribution >= 4 is 35.2 Å². The van der Waals surface area contributed by atoms with E-state index in [0.29, 0.717) is 5.02 Å². The van der Waals surface area contributed by atoms with Crippen molar-refractivity contribution in [2.45, 2.75) is 22.5 Å². The molecule has 1 heterocycles. The summed E-state index contributed by atoms with van der Waals surface area (Å²) in [5, 5.41) is 10.5. The van der Waals surface area contributed by atoms with E-state index in [9.17, 15) is 9.58 Å². The van der Waals surface area contributed by atoms with Crippen molar-refractivity contribution in [2.75, 3.05) is 0 Å². The van der Waals surface area contributed by atoms with Crippen LogP contribution in [0.2, 0.25) is 11.3 Å². The second-order valence-corrected chi connectivity index (χ2v) is 6.55. The quantitative estimate of drug-likeness (QED) is 0.681. The van der Waals surface area contributed by atoms with Gasteiger partial charge in [0.15, 0.2) is 9.79 Å². The lowest BCUT2D eigenvalue weighted by molar-refractivity contribution is 0.587. The highest BCUT2D eigenvalue weighted by atomic mass is 35.5. The van der Waals surface area contributed by atoms with E-state index in [4.69, 9.17) is 11.6 Å². The topological polar surface area (TPSA) is 43.3 Å². The SMILES string of the molecule is [O-][S+](c1ccc(Cl)cc1)c1ccc2c(c1)B(O)CC2. The molecule has 0 spiro atoms. The maximum atomic E-state index is 12.5. The summed E-state index contributed by atoms with van der Waals surface area (Å²) in [6.45, 7) is -0.419. The van der Waals surface area contributed by atoms with Gasteiger partial charge in [-0.3, -0.25) is 0 Å². The van der Waals surface area contributed by atoms with Crippen molar-refractivity contribution < 1.29 is 9.58 Å². The minimum absolute atomic E-state index is 0.419. The normalized spacial score (nSPS) is 15.4. The zero-order chi connectivity index (χ0) is 13.4. The number of benzene rings is 2. The summed E-state index contributed by atoms with van der Waals surface area (Å²) in [7, 11) is 0. The van der Waals surface area contributed by atoms with E-state index in [-0.39, 0.29) is 0 Å². The minimum Gasteiger partial charge on any atom is -0.606 e. The van der Waals surface area contributed by atoms with Crippen LogP contribution in [0.3, 0.4) is 0 Å². The van der Waals surface area contributed by atoms with Crippen LogP contribution >= 0.6 is 11.6 Å². The van der Waals surface area contributed by atoms with E-state index in [2.05, 4.69) is 0 Å². The predicted molar refractivity (Wildman–Crippen MR) is 78.7 cm³/mol. The molecular weight excluding hydrogens is 278 g/mol. The summed E-state index contributed by atoms with van der Waals surface area (Å²) in [5.74, 6) is 0. The molecule has 0 fully saturated rings. The Kier molecular flexibility index (Phi) is 3.59. The van der Waals surface area contributed by atoms with Crippen molar-refractivity contribution in [3.8, 4) is 0 Å². The summed E-state index contributed by atoms with van der Waals surface area (Å²) in [6, 6.07) is 12.7. The summed E-state index contributed by atoms with van der Waals surface area (Å²) >= 11 is 4.59. The van der Waals surface area contributed by atoms with Crippen LogP contribution in [0, 0.1) is 0 Å². The monoisotopic (exact) mass is 290 g/mol. The van der Waals surface area contributed by atoms with Gasteiger partial charge in [0.05, 0.1) is 0 Å². The number of aryl methyl sites for hydroxylation is 1. The zero-order valence-corrected chi connectivity index (χ0v) is 11.7. The number of rotatable bonds is 2. The molecule has 2 aromatic rings. The Morgan fingerprint density at radius 1 is 1.11 bits per heavy atom. The fourth-order valence-electron chi connectivity index (χ4n) is 2.37. The van der Waals surface area contributed by atoms with Crippen molar-refractivity contribution in [1.82, 2.24) is 0 Å². The molecule has 1 aliphatic rings. The molecule has 0 aromatic heterocycles. The van der Waals surface area contributed by atoms with E-state index in [0.717, 1.165) is 33.6 Å². The lowest BCUT2D eigenvalue weighted by Gasteiger charge is -2.11. The highest BCUT2D eigenvalue weighted by Gasteiger charge is 2.27. The Labute approximate surface area is 120 Å². The third-order valence-corrected chi connectivity index (χ3v) is 5.04. The number of fused-ring (bicyclic) bond motifs is 1. The number of halogens is 1. The smallest absolute Gasteiger partial charge is 0.324 e. The Morgan fingerprint density at radius 3 is 2.53 bits per heavy atom. The Bertz CT molecular complexity index is 603. The zero-order valence-electron chi connectivity index (χ0n) is 10.2. The average molecular weight is 291 g/mol. The fourth-order valence-corrected chi connectivity index (χ4v) is 3.58. The van der Waals surface area contributed by atoms with Gasteiger partial charge >= 0.3 is 6.92 Å². The maximum Gasteiger partial charge on any atom is 0.324 e. The van der Waals surface area contributed by atoms with E-state index < -0.39 is 18.1 Å². The lowest BCUT2D eigenvalue weighted by atomic mass is 9.63. The van der Waals surface area contributed by atoms with Crippen LogP contribution in [0.5, 0.6) is 0 Å². The molecule has 0 bridgehead atoms. The molecule has 5 heteroatoms. The molecular formula is C14H12BClO2S. The largest absolute Gasteiger partial charge is 0.606 e. The number of hydrogen-bond donors (Lipinski definition) is 1. The van der Waals surface area contributed by atoms with Gasteiger partial charge in [-0.2, -0.15) is 0 Å². The van der Waals surface area contributed by atoms with Gasteiger partial charge in [0, 0.05) is 16.2 Å². The van der Waals surface area contributed by atoms with Crippen LogP contribution in [0.15, 0.2) is 52.3 Å². The van der Waals surface area contributed by atoms with Crippen LogP contribution < -0.4 is 5.46 Å². The Balaban J connectivity index is 1.94. The van der Waals surface area contributed by atoms with E-state index in [1.54, 1.807) is 24.3 Å². The van der Waals surface area contributed by atoms with Gasteiger partial charge in [-0.05, 0) is 54.6 Å². The summed E-state index contributed by atoms with van der Waals surface area (Å²) in [6.07, 6.45) is 1.65. The van der Waals surface area contributed by atoms with Gasteiger partial charge in [-0.1, -0.05) is 23.2 Å². The first kappa shape index (κ1) is 13.1. The molecule has 1 aliphatic heterocycles. The maximum absolute atomic E-state index is 12.5. The third kappa shape index (κ3) is 2.54. The molecule has 1 atom stereocenters. The standard InChI is InChI=1S/C14H12BClO2S/c16-11-2-5-12(6-3-11)19(18)13-4-1-10-7-8-15(17)14(10)9-13/h1-6,9,17H,7-8H2. The first-order valence-electron chi connectivity index (χ1n) is 6.13. The molecule has 2 aromatic carbocycles. The first-order valence-corrected chi connectivity index (χ1v) is 7.66. The third-order valence-electron chi connectivity index (χ3n) is 3.41. The van der Waals surface area contributed by atoms with Crippen molar-refractivity contribution in [3.63, 3.8) is 0 Å². The second-order valence-electron chi connectivity index (χ2n) is 4.64. The molecule has 1 unspecified atom stereocenters. The molecule has 2 nitrogen and oxygen atoms in total. The van der Waals surface area contributed by atoms with Crippen molar-refractivity contribution in [1.29, 1.82) is 0 Å². The highest BCUT2D eigenvalue weighted by molar-refractivity contribution is 7.91. The van der Waals surface area contributed by atoms with Gasteiger partial charge in [-0.25, -0.2) is 0 Å². The van der Waals surface area contributed by atoms with Gasteiger partial charge in [0.1, 0.15) is 0 Å². The average Bonchev–Trinajstić information content (AvgIpc) is 2.80. The lowest BCUT2D eigenvalue weighted by Crippen LogP contribution is -2.26. The van der Waals surface area contributed by atoms with E-state index in [1.165, 1.54) is 0 Å². The summed E-state index contributed by atoms with van der Waals surface area (Å²) in [4.78, 5) is 1.44. The van der Waals surface area contributed by atoms with Crippen LogP contribution in [0.4, 0.5) is 0 Å². The predicted octanol–water partition coefficient (Wildman–Crippen LogP) is 2.25. The molecule has 0 saturated carbocycles. The molecule has 0 amide bonds. The van der Waals surface area contributed by atoms with Crippen LogP contribution in [-0.4, -0.2) is 16.5 Å². The molecule has 3 rings (SSSR count). The van der Waals surface area contributed by atoms with Gasteiger partial charge in [0.25, 0.3) is 0 Å².